The van der Waals surface area contributed by atoms with Crippen LogP contribution in [0.5, 0.6) is 0 Å². The van der Waals surface area contributed by atoms with Crippen LogP contribution in [-0.2, 0) is 13.6 Å². The van der Waals surface area contributed by atoms with Gasteiger partial charge in [-0.25, -0.2) is 0 Å². The lowest BCUT2D eigenvalue weighted by Crippen LogP contribution is -2.26. The number of hydrogen-bond acceptors (Lipinski definition) is 3. The molecule has 0 unspecified atom stereocenters. The number of nitrogens with one attached hydrogen (secondary N) is 1. The highest BCUT2D eigenvalue weighted by Gasteiger charge is 2.15. The Morgan fingerprint density at radius 2 is 2.25 bits per heavy atom. The Kier molecular flexibility index (Phi) is 4.17. The molecule has 2 aromatic rings. The maximum atomic E-state index is 12.3. The van der Waals surface area contributed by atoms with Crippen LogP contribution in [0.15, 0.2) is 22.9 Å². The van der Waals surface area contributed by atoms with E-state index in [0.29, 0.717) is 18.1 Å². The fraction of sp³-hybridized carbons (Fsp3) is 0.385. The first-order valence-corrected chi connectivity index (χ1v) is 7.11. The molecule has 0 fully saturated rings. The molecule has 2 aromatic heterocycles. The summed E-state index contributed by atoms with van der Waals surface area (Å²) in [6.45, 7) is 4.42. The molecule has 1 amide bonds. The number of carbonyl (C=O) groups excluding carboxylic acids is 1. The molecule has 108 valence electrons. The number of carbonyl (C=O) groups is 1. The molecule has 6 nitrogen and oxygen atoms in total. The summed E-state index contributed by atoms with van der Waals surface area (Å²) in [5, 5.41) is 6.91. The topological polar surface area (TPSA) is 77.9 Å². The standard InChI is InChI=1S/C13H18BrN5O/c1-8(2)19-7-10(14)4-11(19)13(20)16-5-9-6-17-18(3)12(9)15/h4,6-8H,5,15H2,1-3H3,(H,16,20). The van der Waals surface area contributed by atoms with Gasteiger partial charge < -0.3 is 15.6 Å². The fourth-order valence-electron chi connectivity index (χ4n) is 1.95. The molecular formula is C13H18BrN5O. The molecule has 2 rings (SSSR count). The SMILES string of the molecule is CC(C)n1cc(Br)cc1C(=O)NCc1cnn(C)c1N. The second kappa shape index (κ2) is 5.70. The smallest absolute Gasteiger partial charge is 0.268 e. The summed E-state index contributed by atoms with van der Waals surface area (Å²) in [5.74, 6) is 0.429. The van der Waals surface area contributed by atoms with Crippen LogP contribution in [0, 0.1) is 0 Å². The van der Waals surface area contributed by atoms with E-state index in [4.69, 9.17) is 5.73 Å². The van der Waals surface area contributed by atoms with E-state index >= 15 is 0 Å². The fourth-order valence-corrected chi connectivity index (χ4v) is 2.39. The summed E-state index contributed by atoms with van der Waals surface area (Å²) in [5.41, 5.74) is 7.27. The molecule has 0 aliphatic rings. The summed E-state index contributed by atoms with van der Waals surface area (Å²) < 4.78 is 4.39. The Morgan fingerprint density at radius 3 is 2.80 bits per heavy atom. The van der Waals surface area contributed by atoms with Gasteiger partial charge in [0.1, 0.15) is 11.5 Å². The molecule has 0 aliphatic heterocycles. The summed E-state index contributed by atoms with van der Waals surface area (Å²) in [7, 11) is 1.77. The van der Waals surface area contributed by atoms with Crippen LogP contribution in [0.4, 0.5) is 5.82 Å². The summed E-state index contributed by atoms with van der Waals surface area (Å²) in [6, 6.07) is 2.02. The van der Waals surface area contributed by atoms with Gasteiger partial charge in [0.25, 0.3) is 5.91 Å². The minimum Gasteiger partial charge on any atom is -0.384 e. The Labute approximate surface area is 126 Å². The predicted molar refractivity (Wildman–Crippen MR) is 81.3 cm³/mol. The number of nitrogen functional groups attached to an aromatic ring is 1. The van der Waals surface area contributed by atoms with E-state index in [-0.39, 0.29) is 11.9 Å². The Bertz CT molecular complexity index is 629. The van der Waals surface area contributed by atoms with Gasteiger partial charge >= 0.3 is 0 Å². The number of halogens is 1. The minimum absolute atomic E-state index is 0.132. The first kappa shape index (κ1) is 14.6. The number of amides is 1. The monoisotopic (exact) mass is 339 g/mol. The van der Waals surface area contributed by atoms with E-state index in [2.05, 4.69) is 26.3 Å². The Balaban J connectivity index is 2.11. The van der Waals surface area contributed by atoms with Crippen molar-refractivity contribution in [2.75, 3.05) is 5.73 Å². The van der Waals surface area contributed by atoms with E-state index in [0.717, 1.165) is 10.0 Å². The van der Waals surface area contributed by atoms with Gasteiger partial charge in [0.2, 0.25) is 0 Å². The molecule has 7 heteroatoms. The lowest BCUT2D eigenvalue weighted by Gasteiger charge is -2.12. The van der Waals surface area contributed by atoms with E-state index in [1.807, 2.05) is 30.7 Å². The molecule has 0 saturated heterocycles. The van der Waals surface area contributed by atoms with Crippen LogP contribution >= 0.6 is 15.9 Å². The highest BCUT2D eigenvalue weighted by Crippen LogP contribution is 2.19. The third-order valence-corrected chi connectivity index (χ3v) is 3.54. The quantitative estimate of drug-likeness (QED) is 0.895. The molecule has 0 radical (unpaired) electrons. The molecular weight excluding hydrogens is 322 g/mol. The van der Waals surface area contributed by atoms with Crippen molar-refractivity contribution >= 4 is 27.7 Å². The van der Waals surface area contributed by atoms with E-state index < -0.39 is 0 Å². The number of aryl methyl sites for hydroxylation is 1. The number of nitrogens with two attached hydrogens (primary N) is 1. The zero-order chi connectivity index (χ0) is 14.9. The van der Waals surface area contributed by atoms with Crippen LogP contribution in [0.3, 0.4) is 0 Å². The highest BCUT2D eigenvalue weighted by molar-refractivity contribution is 9.10. The van der Waals surface area contributed by atoms with Crippen LogP contribution in [-0.4, -0.2) is 20.3 Å². The first-order chi connectivity index (χ1) is 9.40. The Morgan fingerprint density at radius 1 is 1.55 bits per heavy atom. The van der Waals surface area contributed by atoms with Gasteiger partial charge in [0.15, 0.2) is 0 Å². The molecule has 3 N–H and O–H groups in total. The number of aromatic nitrogens is 3. The van der Waals surface area contributed by atoms with Crippen LogP contribution < -0.4 is 11.1 Å². The number of rotatable bonds is 4. The molecule has 0 saturated carbocycles. The summed E-state index contributed by atoms with van der Waals surface area (Å²) in [6.07, 6.45) is 3.56. The zero-order valence-electron chi connectivity index (χ0n) is 11.7. The second-order valence-electron chi connectivity index (χ2n) is 4.91. The third-order valence-electron chi connectivity index (χ3n) is 3.11. The normalized spacial score (nSPS) is 11.1. The van der Waals surface area contributed by atoms with E-state index in [1.165, 1.54) is 0 Å². The average Bonchev–Trinajstić information content (AvgIpc) is 2.92. The highest BCUT2D eigenvalue weighted by atomic mass is 79.9. The van der Waals surface area contributed by atoms with E-state index in [9.17, 15) is 4.79 Å². The lowest BCUT2D eigenvalue weighted by atomic mass is 10.3. The van der Waals surface area contributed by atoms with Crippen LogP contribution in [0.2, 0.25) is 0 Å². The van der Waals surface area contributed by atoms with E-state index in [1.54, 1.807) is 17.9 Å². The summed E-state index contributed by atoms with van der Waals surface area (Å²) >= 11 is 3.40. The number of hydrogen-bond donors (Lipinski definition) is 2. The van der Waals surface area contributed by atoms with Crippen molar-refractivity contribution in [2.45, 2.75) is 26.4 Å². The largest absolute Gasteiger partial charge is 0.384 e. The predicted octanol–water partition coefficient (Wildman–Crippen LogP) is 2.08. The molecule has 0 bridgehead atoms. The van der Waals surface area contributed by atoms with Crippen molar-refractivity contribution in [3.05, 3.63) is 34.2 Å². The summed E-state index contributed by atoms with van der Waals surface area (Å²) in [4.78, 5) is 12.3. The Hall–Kier alpha value is -1.76. The molecule has 0 atom stereocenters. The minimum atomic E-state index is -0.132. The van der Waals surface area contributed by atoms with Crippen molar-refractivity contribution in [3.63, 3.8) is 0 Å². The van der Waals surface area contributed by atoms with Crippen LogP contribution in [0.25, 0.3) is 0 Å². The van der Waals surface area contributed by atoms with Gasteiger partial charge in [-0.3, -0.25) is 9.48 Å². The van der Waals surface area contributed by atoms with Gasteiger partial charge in [0, 0.05) is 35.9 Å². The van der Waals surface area contributed by atoms with Crippen molar-refractivity contribution in [1.82, 2.24) is 19.7 Å². The van der Waals surface area contributed by atoms with Gasteiger partial charge in [-0.1, -0.05) is 0 Å². The zero-order valence-corrected chi connectivity index (χ0v) is 13.3. The molecule has 0 spiro atoms. The van der Waals surface area contributed by atoms with Gasteiger partial charge in [-0.15, -0.1) is 0 Å². The van der Waals surface area contributed by atoms with Crippen molar-refractivity contribution in [1.29, 1.82) is 0 Å². The second-order valence-corrected chi connectivity index (χ2v) is 5.82. The maximum Gasteiger partial charge on any atom is 0.268 e. The first-order valence-electron chi connectivity index (χ1n) is 6.32. The van der Waals surface area contributed by atoms with Crippen molar-refractivity contribution < 1.29 is 4.79 Å². The number of anilines is 1. The van der Waals surface area contributed by atoms with Crippen molar-refractivity contribution in [3.8, 4) is 0 Å². The van der Waals surface area contributed by atoms with Gasteiger partial charge in [-0.2, -0.15) is 5.10 Å². The lowest BCUT2D eigenvalue weighted by molar-refractivity contribution is 0.0940. The molecule has 0 aliphatic carbocycles. The molecule has 20 heavy (non-hydrogen) atoms. The van der Waals surface area contributed by atoms with Crippen LogP contribution in [0.1, 0.15) is 35.9 Å². The van der Waals surface area contributed by atoms with Crippen molar-refractivity contribution in [2.24, 2.45) is 7.05 Å². The third kappa shape index (κ3) is 2.87. The molecule has 2 heterocycles. The number of nitrogens with zero attached hydrogens (tertiary/aromatic N) is 3. The maximum absolute atomic E-state index is 12.3. The van der Waals surface area contributed by atoms with Gasteiger partial charge in [-0.05, 0) is 35.8 Å². The molecule has 0 aromatic carbocycles. The van der Waals surface area contributed by atoms with Gasteiger partial charge in [0.05, 0.1) is 6.20 Å². The average molecular weight is 340 g/mol.